The zero-order chi connectivity index (χ0) is 16.2. The number of likely N-dealkylation sites (N-methyl/N-ethyl adjacent to an activating group) is 1. The molecule has 0 saturated heterocycles. The molecule has 1 aliphatic carbocycles. The Labute approximate surface area is 132 Å². The third-order valence-corrected chi connectivity index (χ3v) is 4.40. The molecule has 0 spiro atoms. The molecule has 1 aromatic rings. The van der Waals surface area contributed by atoms with Gasteiger partial charge in [0.1, 0.15) is 0 Å². The highest BCUT2D eigenvalue weighted by atomic mass is 16.3. The molecular weight excluding hydrogens is 278 g/mol. The first-order valence-corrected chi connectivity index (χ1v) is 7.87. The largest absolute Gasteiger partial charge is 0.388 e. The molecule has 1 aromatic carbocycles. The number of carbonyl (C=O) groups is 1. The lowest BCUT2D eigenvalue weighted by Gasteiger charge is -2.36. The number of urea groups is 1. The quantitative estimate of drug-likeness (QED) is 0.751. The standard InChI is InChI=1S/C17H27N3O2/c1-13-5-7-14(8-6-13)15(20(2)3)11-18-16(21)19-12-17(22)9-4-10-17/h5-8,15,22H,4,9-12H2,1-3H3,(H2,18,19,21). The Balaban J connectivity index is 1.83. The summed E-state index contributed by atoms with van der Waals surface area (Å²) < 4.78 is 0. The van der Waals surface area contributed by atoms with Gasteiger partial charge in [-0.15, -0.1) is 0 Å². The Morgan fingerprint density at radius 3 is 2.41 bits per heavy atom. The second-order valence-electron chi connectivity index (χ2n) is 6.53. The van der Waals surface area contributed by atoms with Crippen LogP contribution >= 0.6 is 0 Å². The van der Waals surface area contributed by atoms with Crippen molar-refractivity contribution in [3.63, 3.8) is 0 Å². The lowest BCUT2D eigenvalue weighted by Crippen LogP contribution is -2.50. The molecule has 3 N–H and O–H groups in total. The molecule has 0 radical (unpaired) electrons. The number of hydrogen-bond acceptors (Lipinski definition) is 3. The zero-order valence-electron chi connectivity index (χ0n) is 13.7. The van der Waals surface area contributed by atoms with Crippen molar-refractivity contribution in [3.05, 3.63) is 35.4 Å². The Hall–Kier alpha value is -1.59. The van der Waals surface area contributed by atoms with Gasteiger partial charge in [-0.05, 0) is 45.8 Å². The summed E-state index contributed by atoms with van der Waals surface area (Å²) in [6.07, 6.45) is 2.59. The van der Waals surface area contributed by atoms with Crippen molar-refractivity contribution < 1.29 is 9.90 Å². The number of aryl methyl sites for hydroxylation is 1. The van der Waals surface area contributed by atoms with Crippen molar-refractivity contribution in [1.82, 2.24) is 15.5 Å². The van der Waals surface area contributed by atoms with E-state index >= 15 is 0 Å². The number of rotatable bonds is 6. The van der Waals surface area contributed by atoms with E-state index in [0.29, 0.717) is 13.1 Å². The highest BCUT2D eigenvalue weighted by Gasteiger charge is 2.34. The minimum atomic E-state index is -0.685. The number of nitrogens with zero attached hydrogens (tertiary/aromatic N) is 1. The number of benzene rings is 1. The Kier molecular flexibility index (Phi) is 5.42. The summed E-state index contributed by atoms with van der Waals surface area (Å²) in [5.41, 5.74) is 1.71. The number of carbonyl (C=O) groups excluding carboxylic acids is 1. The van der Waals surface area contributed by atoms with Gasteiger partial charge in [0.05, 0.1) is 11.6 Å². The predicted octanol–water partition coefficient (Wildman–Crippen LogP) is 1.81. The fourth-order valence-electron chi connectivity index (χ4n) is 2.65. The fraction of sp³-hybridized carbons (Fsp3) is 0.588. The van der Waals surface area contributed by atoms with Crippen LogP contribution in [0.15, 0.2) is 24.3 Å². The zero-order valence-corrected chi connectivity index (χ0v) is 13.7. The SMILES string of the molecule is Cc1ccc(C(CNC(=O)NCC2(O)CCC2)N(C)C)cc1. The molecule has 2 rings (SSSR count). The minimum Gasteiger partial charge on any atom is -0.388 e. The lowest BCUT2D eigenvalue weighted by molar-refractivity contribution is -0.0290. The summed E-state index contributed by atoms with van der Waals surface area (Å²) in [4.78, 5) is 14.0. The number of nitrogens with one attached hydrogen (secondary N) is 2. The van der Waals surface area contributed by atoms with Gasteiger partial charge in [-0.25, -0.2) is 4.79 Å². The second kappa shape index (κ2) is 7.11. The van der Waals surface area contributed by atoms with E-state index in [1.54, 1.807) is 0 Å². The van der Waals surface area contributed by atoms with Crippen molar-refractivity contribution >= 4 is 6.03 Å². The van der Waals surface area contributed by atoms with E-state index in [9.17, 15) is 9.90 Å². The van der Waals surface area contributed by atoms with Gasteiger partial charge in [0.2, 0.25) is 0 Å². The maximum Gasteiger partial charge on any atom is 0.314 e. The summed E-state index contributed by atoms with van der Waals surface area (Å²) in [7, 11) is 4.00. The summed E-state index contributed by atoms with van der Waals surface area (Å²) in [5, 5.41) is 15.6. The molecule has 5 nitrogen and oxygen atoms in total. The Bertz CT molecular complexity index is 495. The first-order chi connectivity index (χ1) is 10.4. The third-order valence-electron chi connectivity index (χ3n) is 4.40. The Morgan fingerprint density at radius 1 is 1.27 bits per heavy atom. The first kappa shape index (κ1) is 16.8. The monoisotopic (exact) mass is 305 g/mol. The van der Waals surface area contributed by atoms with E-state index < -0.39 is 5.60 Å². The van der Waals surface area contributed by atoms with Gasteiger partial charge in [-0.3, -0.25) is 0 Å². The molecule has 1 aliphatic rings. The van der Waals surface area contributed by atoms with Crippen molar-refractivity contribution in [2.75, 3.05) is 27.2 Å². The molecule has 1 unspecified atom stereocenters. The van der Waals surface area contributed by atoms with Gasteiger partial charge in [0.15, 0.2) is 0 Å². The van der Waals surface area contributed by atoms with Crippen LogP contribution in [0, 0.1) is 6.92 Å². The molecule has 0 heterocycles. The molecule has 122 valence electrons. The molecule has 0 aromatic heterocycles. The van der Waals surface area contributed by atoms with Gasteiger partial charge in [0, 0.05) is 13.1 Å². The molecular formula is C17H27N3O2. The normalized spacial score (nSPS) is 17.7. The maximum atomic E-state index is 11.9. The van der Waals surface area contributed by atoms with E-state index in [1.165, 1.54) is 11.1 Å². The van der Waals surface area contributed by atoms with Crippen molar-refractivity contribution in [2.24, 2.45) is 0 Å². The van der Waals surface area contributed by atoms with Crippen LogP contribution in [0.4, 0.5) is 4.79 Å². The van der Waals surface area contributed by atoms with Crippen LogP contribution in [0.25, 0.3) is 0 Å². The summed E-state index contributed by atoms with van der Waals surface area (Å²) >= 11 is 0. The third kappa shape index (κ3) is 4.45. The summed E-state index contributed by atoms with van der Waals surface area (Å²) in [6, 6.07) is 8.25. The molecule has 0 bridgehead atoms. The van der Waals surface area contributed by atoms with Crippen LogP contribution in [-0.4, -0.2) is 48.8 Å². The maximum absolute atomic E-state index is 11.9. The molecule has 0 aliphatic heterocycles. The van der Waals surface area contributed by atoms with Crippen molar-refractivity contribution in [3.8, 4) is 0 Å². The van der Waals surface area contributed by atoms with Crippen LogP contribution in [0.5, 0.6) is 0 Å². The minimum absolute atomic E-state index is 0.123. The number of hydrogen-bond donors (Lipinski definition) is 3. The topological polar surface area (TPSA) is 64.6 Å². The van der Waals surface area contributed by atoms with E-state index in [-0.39, 0.29) is 12.1 Å². The Morgan fingerprint density at radius 2 is 1.91 bits per heavy atom. The van der Waals surface area contributed by atoms with Gasteiger partial charge < -0.3 is 20.6 Å². The van der Waals surface area contributed by atoms with Crippen molar-refractivity contribution in [1.29, 1.82) is 0 Å². The fourth-order valence-corrected chi connectivity index (χ4v) is 2.65. The molecule has 1 atom stereocenters. The van der Waals surface area contributed by atoms with Crippen LogP contribution in [0.2, 0.25) is 0 Å². The molecule has 1 fully saturated rings. The molecule has 22 heavy (non-hydrogen) atoms. The van der Waals surface area contributed by atoms with Gasteiger partial charge in [0.25, 0.3) is 0 Å². The van der Waals surface area contributed by atoms with E-state index in [4.69, 9.17) is 0 Å². The average molecular weight is 305 g/mol. The van der Waals surface area contributed by atoms with E-state index in [0.717, 1.165) is 19.3 Å². The highest BCUT2D eigenvalue weighted by molar-refractivity contribution is 5.74. The highest BCUT2D eigenvalue weighted by Crippen LogP contribution is 2.30. The van der Waals surface area contributed by atoms with Gasteiger partial charge >= 0.3 is 6.03 Å². The first-order valence-electron chi connectivity index (χ1n) is 7.87. The van der Waals surface area contributed by atoms with E-state index in [1.807, 2.05) is 14.1 Å². The summed E-state index contributed by atoms with van der Waals surface area (Å²) in [6.45, 7) is 2.92. The molecule has 2 amide bonds. The van der Waals surface area contributed by atoms with Crippen molar-refractivity contribution in [2.45, 2.75) is 37.8 Å². The molecule has 1 saturated carbocycles. The second-order valence-corrected chi connectivity index (χ2v) is 6.53. The predicted molar refractivity (Wildman–Crippen MR) is 87.8 cm³/mol. The van der Waals surface area contributed by atoms with Crippen LogP contribution in [-0.2, 0) is 0 Å². The average Bonchev–Trinajstić information content (AvgIpc) is 2.45. The number of aliphatic hydroxyl groups is 1. The van der Waals surface area contributed by atoms with Gasteiger partial charge in [-0.2, -0.15) is 0 Å². The molecule has 5 heteroatoms. The number of amides is 2. The van der Waals surface area contributed by atoms with Gasteiger partial charge in [-0.1, -0.05) is 29.8 Å². The van der Waals surface area contributed by atoms with Crippen LogP contribution < -0.4 is 10.6 Å². The summed E-state index contributed by atoms with van der Waals surface area (Å²) in [5.74, 6) is 0. The smallest absolute Gasteiger partial charge is 0.314 e. The van der Waals surface area contributed by atoms with Crippen LogP contribution in [0.3, 0.4) is 0 Å². The van der Waals surface area contributed by atoms with Crippen LogP contribution in [0.1, 0.15) is 36.4 Å². The lowest BCUT2D eigenvalue weighted by atomic mass is 9.80. The van der Waals surface area contributed by atoms with E-state index in [2.05, 4.69) is 46.7 Å².